The standard InChI is InChI=1S/C14H9F3IN3O2/c1-7-19-13(23-21-7)6-22-11-5-12(14(15,16)17)20-10-3-2-8(18)4-9(10)11/h2-5H,6H2,1H3. The second kappa shape index (κ2) is 5.95. The molecule has 1 aromatic carbocycles. The minimum Gasteiger partial charge on any atom is -0.483 e. The molecule has 0 N–H and O–H groups in total. The van der Waals surface area contributed by atoms with Crippen molar-refractivity contribution in [3.63, 3.8) is 0 Å². The fourth-order valence-electron chi connectivity index (χ4n) is 1.97. The van der Waals surface area contributed by atoms with Crippen LogP contribution in [-0.4, -0.2) is 15.1 Å². The summed E-state index contributed by atoms with van der Waals surface area (Å²) in [6.07, 6.45) is -4.56. The van der Waals surface area contributed by atoms with Crippen molar-refractivity contribution in [2.45, 2.75) is 19.7 Å². The lowest BCUT2D eigenvalue weighted by molar-refractivity contribution is -0.141. The van der Waals surface area contributed by atoms with E-state index in [1.54, 1.807) is 19.1 Å². The molecule has 0 bridgehead atoms. The number of fused-ring (bicyclic) bond motifs is 1. The molecular formula is C14H9F3IN3O2. The van der Waals surface area contributed by atoms with Gasteiger partial charge in [0.05, 0.1) is 5.52 Å². The lowest BCUT2D eigenvalue weighted by Gasteiger charge is -2.12. The lowest BCUT2D eigenvalue weighted by Crippen LogP contribution is -2.09. The molecule has 0 aliphatic heterocycles. The van der Waals surface area contributed by atoms with Crippen molar-refractivity contribution in [2.24, 2.45) is 0 Å². The number of hydrogen-bond acceptors (Lipinski definition) is 5. The van der Waals surface area contributed by atoms with Crippen LogP contribution in [0.5, 0.6) is 5.75 Å². The summed E-state index contributed by atoms with van der Waals surface area (Å²) in [7, 11) is 0. The minimum absolute atomic E-state index is 0.0664. The average Bonchev–Trinajstić information content (AvgIpc) is 2.89. The van der Waals surface area contributed by atoms with Gasteiger partial charge in [0.25, 0.3) is 5.89 Å². The second-order valence-electron chi connectivity index (χ2n) is 4.69. The molecule has 0 spiro atoms. The monoisotopic (exact) mass is 435 g/mol. The lowest BCUT2D eigenvalue weighted by atomic mass is 10.2. The highest BCUT2D eigenvalue weighted by atomic mass is 127. The minimum atomic E-state index is -4.56. The first-order valence-corrected chi connectivity index (χ1v) is 7.50. The van der Waals surface area contributed by atoms with Gasteiger partial charge in [-0.15, -0.1) is 0 Å². The molecule has 120 valence electrons. The van der Waals surface area contributed by atoms with Crippen LogP contribution in [0.3, 0.4) is 0 Å². The number of hydrogen-bond donors (Lipinski definition) is 0. The maximum Gasteiger partial charge on any atom is 0.433 e. The van der Waals surface area contributed by atoms with Gasteiger partial charge in [-0.3, -0.25) is 0 Å². The number of nitrogens with zero attached hydrogens (tertiary/aromatic N) is 3. The van der Waals surface area contributed by atoms with Crippen LogP contribution in [0.15, 0.2) is 28.8 Å². The van der Waals surface area contributed by atoms with Gasteiger partial charge in [0.15, 0.2) is 12.4 Å². The molecule has 0 radical (unpaired) electrons. The topological polar surface area (TPSA) is 61.0 Å². The zero-order valence-electron chi connectivity index (χ0n) is 11.7. The van der Waals surface area contributed by atoms with Gasteiger partial charge in [-0.25, -0.2) is 4.98 Å². The summed E-state index contributed by atoms with van der Waals surface area (Å²) in [6, 6.07) is 5.79. The maximum atomic E-state index is 13.0. The zero-order chi connectivity index (χ0) is 16.6. The molecule has 0 amide bonds. The fourth-order valence-corrected chi connectivity index (χ4v) is 2.46. The number of rotatable bonds is 3. The van der Waals surface area contributed by atoms with Crippen molar-refractivity contribution in [1.82, 2.24) is 15.1 Å². The van der Waals surface area contributed by atoms with E-state index < -0.39 is 11.9 Å². The molecule has 3 rings (SSSR count). The molecular weight excluding hydrogens is 426 g/mol. The van der Waals surface area contributed by atoms with Crippen molar-refractivity contribution >= 4 is 33.5 Å². The number of aryl methyl sites for hydroxylation is 1. The molecule has 9 heteroatoms. The first kappa shape index (κ1) is 16.0. The van der Waals surface area contributed by atoms with Crippen LogP contribution in [0.4, 0.5) is 13.2 Å². The van der Waals surface area contributed by atoms with Gasteiger partial charge in [-0.2, -0.15) is 18.2 Å². The highest BCUT2D eigenvalue weighted by Crippen LogP contribution is 2.35. The average molecular weight is 435 g/mol. The van der Waals surface area contributed by atoms with Crippen molar-refractivity contribution in [3.05, 3.63) is 45.2 Å². The normalized spacial score (nSPS) is 11.9. The van der Waals surface area contributed by atoms with Crippen molar-refractivity contribution < 1.29 is 22.4 Å². The number of halogens is 4. The Hall–Kier alpha value is -1.91. The van der Waals surface area contributed by atoms with Crippen LogP contribution in [0.2, 0.25) is 0 Å². The highest BCUT2D eigenvalue weighted by Gasteiger charge is 2.33. The van der Waals surface area contributed by atoms with E-state index >= 15 is 0 Å². The summed E-state index contributed by atoms with van der Waals surface area (Å²) in [4.78, 5) is 7.60. The number of aromatic nitrogens is 3. The summed E-state index contributed by atoms with van der Waals surface area (Å²) in [6.45, 7) is 1.52. The number of benzene rings is 1. The second-order valence-corrected chi connectivity index (χ2v) is 5.93. The van der Waals surface area contributed by atoms with Gasteiger partial charge >= 0.3 is 6.18 Å². The Labute approximate surface area is 142 Å². The van der Waals surface area contributed by atoms with Crippen LogP contribution in [-0.2, 0) is 12.8 Å². The Morgan fingerprint density at radius 1 is 1.22 bits per heavy atom. The van der Waals surface area contributed by atoms with Crippen molar-refractivity contribution in [1.29, 1.82) is 0 Å². The van der Waals surface area contributed by atoms with Gasteiger partial charge < -0.3 is 9.26 Å². The van der Waals surface area contributed by atoms with E-state index in [1.807, 2.05) is 0 Å². The van der Waals surface area contributed by atoms with Crippen LogP contribution >= 0.6 is 22.6 Å². The number of pyridine rings is 1. The molecule has 2 aromatic heterocycles. The summed E-state index contributed by atoms with van der Waals surface area (Å²) in [5.74, 6) is 0.678. The quantitative estimate of drug-likeness (QED) is 0.580. The molecule has 0 atom stereocenters. The fraction of sp³-hybridized carbons (Fsp3) is 0.214. The zero-order valence-corrected chi connectivity index (χ0v) is 13.8. The summed E-state index contributed by atoms with van der Waals surface area (Å²) in [5, 5.41) is 4.09. The number of ether oxygens (including phenoxy) is 1. The molecule has 3 aromatic rings. The Balaban J connectivity index is 2.03. The molecule has 0 fully saturated rings. The third kappa shape index (κ3) is 3.54. The van der Waals surface area contributed by atoms with E-state index in [1.165, 1.54) is 6.07 Å². The van der Waals surface area contributed by atoms with Crippen LogP contribution < -0.4 is 4.74 Å². The molecule has 5 nitrogen and oxygen atoms in total. The van der Waals surface area contributed by atoms with Gasteiger partial charge in [-0.05, 0) is 47.7 Å². The van der Waals surface area contributed by atoms with E-state index in [0.29, 0.717) is 11.2 Å². The van der Waals surface area contributed by atoms with E-state index in [9.17, 15) is 13.2 Å². The van der Waals surface area contributed by atoms with E-state index in [0.717, 1.165) is 9.64 Å². The number of alkyl halides is 3. The molecule has 2 heterocycles. The molecule has 0 aliphatic rings. The van der Waals surface area contributed by atoms with E-state index in [2.05, 4.69) is 37.7 Å². The highest BCUT2D eigenvalue weighted by molar-refractivity contribution is 14.1. The Bertz CT molecular complexity index is 864. The van der Waals surface area contributed by atoms with Gasteiger partial charge in [0, 0.05) is 15.0 Å². The smallest absolute Gasteiger partial charge is 0.433 e. The van der Waals surface area contributed by atoms with Gasteiger partial charge in [0.2, 0.25) is 0 Å². The van der Waals surface area contributed by atoms with Crippen molar-refractivity contribution in [2.75, 3.05) is 0 Å². The van der Waals surface area contributed by atoms with E-state index in [-0.39, 0.29) is 23.8 Å². The van der Waals surface area contributed by atoms with Crippen LogP contribution in [0, 0.1) is 10.5 Å². The first-order chi connectivity index (χ1) is 10.8. The molecule has 0 saturated heterocycles. The summed E-state index contributed by atoms with van der Waals surface area (Å²) < 4.78 is 50.2. The predicted octanol–water partition coefficient (Wildman–Crippen LogP) is 4.13. The summed E-state index contributed by atoms with van der Waals surface area (Å²) >= 11 is 2.07. The summed E-state index contributed by atoms with van der Waals surface area (Å²) in [5.41, 5.74) is -0.806. The Kier molecular flexibility index (Phi) is 4.13. The molecule has 0 unspecified atom stereocenters. The Morgan fingerprint density at radius 3 is 2.65 bits per heavy atom. The molecule has 23 heavy (non-hydrogen) atoms. The van der Waals surface area contributed by atoms with Gasteiger partial charge in [0.1, 0.15) is 11.4 Å². The predicted molar refractivity (Wildman–Crippen MR) is 82.8 cm³/mol. The third-order valence-electron chi connectivity index (χ3n) is 2.94. The molecule has 0 saturated carbocycles. The van der Waals surface area contributed by atoms with Crippen molar-refractivity contribution in [3.8, 4) is 5.75 Å². The SMILES string of the molecule is Cc1noc(COc2cc(C(F)(F)F)nc3ccc(I)cc23)n1. The third-order valence-corrected chi connectivity index (χ3v) is 3.61. The maximum absolute atomic E-state index is 13.0. The first-order valence-electron chi connectivity index (χ1n) is 6.42. The van der Waals surface area contributed by atoms with Gasteiger partial charge in [-0.1, -0.05) is 5.16 Å². The van der Waals surface area contributed by atoms with Crippen LogP contribution in [0.25, 0.3) is 10.9 Å². The van der Waals surface area contributed by atoms with Crippen LogP contribution in [0.1, 0.15) is 17.4 Å². The molecule has 0 aliphatic carbocycles. The largest absolute Gasteiger partial charge is 0.483 e. The Morgan fingerprint density at radius 2 is 2.00 bits per heavy atom. The van der Waals surface area contributed by atoms with E-state index in [4.69, 9.17) is 9.26 Å².